The molecule has 0 spiro atoms. The molecule has 0 atom stereocenters. The van der Waals surface area contributed by atoms with Gasteiger partial charge in [0.1, 0.15) is 12.4 Å². The SMILES string of the molecule is CCn1c(COc2ccccc2OC)nnc1SCC(=O)Nc1ccc(Br)cc1F. The van der Waals surface area contributed by atoms with Crippen molar-refractivity contribution in [3.8, 4) is 11.5 Å². The Balaban J connectivity index is 1.60. The minimum absolute atomic E-state index is 0.0704. The third-order valence-corrected chi connectivity index (χ3v) is 5.53. The summed E-state index contributed by atoms with van der Waals surface area (Å²) in [4.78, 5) is 12.2. The quantitative estimate of drug-likeness (QED) is 0.440. The van der Waals surface area contributed by atoms with Crippen molar-refractivity contribution >= 4 is 39.3 Å². The van der Waals surface area contributed by atoms with Crippen molar-refractivity contribution < 1.29 is 18.7 Å². The number of rotatable bonds is 9. The van der Waals surface area contributed by atoms with E-state index in [0.717, 1.165) is 0 Å². The van der Waals surface area contributed by atoms with Gasteiger partial charge in [-0.1, -0.05) is 39.8 Å². The normalized spacial score (nSPS) is 10.7. The second-order valence-corrected chi connectivity index (χ2v) is 7.90. The van der Waals surface area contributed by atoms with Crippen molar-refractivity contribution in [3.05, 3.63) is 58.6 Å². The van der Waals surface area contributed by atoms with E-state index in [4.69, 9.17) is 9.47 Å². The van der Waals surface area contributed by atoms with Crippen LogP contribution in [0, 0.1) is 5.82 Å². The summed E-state index contributed by atoms with van der Waals surface area (Å²) in [7, 11) is 1.58. The second-order valence-electron chi connectivity index (χ2n) is 6.04. The Bertz CT molecular complexity index is 1030. The lowest BCUT2D eigenvalue weighted by molar-refractivity contribution is -0.113. The average Bonchev–Trinajstić information content (AvgIpc) is 3.14. The molecule has 0 aliphatic carbocycles. The number of thioether (sulfide) groups is 1. The standard InChI is InChI=1S/C20H20BrFN4O3S/c1-3-26-18(11-29-17-7-5-4-6-16(17)28-2)24-25-20(26)30-12-19(27)23-15-9-8-13(21)10-14(15)22/h4-10H,3,11-12H2,1-2H3,(H,23,27). The molecule has 0 fully saturated rings. The minimum atomic E-state index is -0.504. The molecule has 0 unspecified atom stereocenters. The highest BCUT2D eigenvalue weighted by molar-refractivity contribution is 9.10. The van der Waals surface area contributed by atoms with Crippen LogP contribution in [-0.4, -0.2) is 33.5 Å². The summed E-state index contributed by atoms with van der Waals surface area (Å²) in [6.07, 6.45) is 0. The maximum Gasteiger partial charge on any atom is 0.234 e. The Labute approximate surface area is 186 Å². The summed E-state index contributed by atoms with van der Waals surface area (Å²) < 4.78 is 27.4. The first kappa shape index (κ1) is 22.1. The second kappa shape index (κ2) is 10.4. The van der Waals surface area contributed by atoms with Crippen molar-refractivity contribution in [2.45, 2.75) is 25.2 Å². The molecule has 1 heterocycles. The zero-order valence-electron chi connectivity index (χ0n) is 16.4. The van der Waals surface area contributed by atoms with Gasteiger partial charge in [0.05, 0.1) is 18.6 Å². The fourth-order valence-corrected chi connectivity index (χ4v) is 3.79. The zero-order chi connectivity index (χ0) is 21.5. The van der Waals surface area contributed by atoms with Crippen LogP contribution in [0.1, 0.15) is 12.7 Å². The molecule has 30 heavy (non-hydrogen) atoms. The predicted molar refractivity (Wildman–Crippen MR) is 116 cm³/mol. The molecule has 0 saturated heterocycles. The van der Waals surface area contributed by atoms with Gasteiger partial charge in [-0.05, 0) is 37.3 Å². The van der Waals surface area contributed by atoms with E-state index in [1.807, 2.05) is 35.8 Å². The molecule has 10 heteroatoms. The average molecular weight is 495 g/mol. The van der Waals surface area contributed by atoms with E-state index in [-0.39, 0.29) is 24.0 Å². The summed E-state index contributed by atoms with van der Waals surface area (Å²) in [5.41, 5.74) is 0.131. The molecule has 0 radical (unpaired) electrons. The monoisotopic (exact) mass is 494 g/mol. The van der Waals surface area contributed by atoms with Gasteiger partial charge in [-0.2, -0.15) is 0 Å². The largest absolute Gasteiger partial charge is 0.493 e. The molecule has 1 N–H and O–H groups in total. The van der Waals surface area contributed by atoms with E-state index >= 15 is 0 Å². The van der Waals surface area contributed by atoms with Gasteiger partial charge in [0.2, 0.25) is 5.91 Å². The number of hydrogen-bond donors (Lipinski definition) is 1. The minimum Gasteiger partial charge on any atom is -0.493 e. The molecule has 0 bridgehead atoms. The number of amides is 1. The highest BCUT2D eigenvalue weighted by atomic mass is 79.9. The van der Waals surface area contributed by atoms with Crippen LogP contribution in [0.5, 0.6) is 11.5 Å². The first-order chi connectivity index (χ1) is 14.5. The maximum absolute atomic E-state index is 13.9. The molecule has 7 nitrogen and oxygen atoms in total. The number of carbonyl (C=O) groups excluding carboxylic acids is 1. The van der Waals surface area contributed by atoms with E-state index in [9.17, 15) is 9.18 Å². The van der Waals surface area contributed by atoms with Gasteiger partial charge in [0, 0.05) is 11.0 Å². The number of aromatic nitrogens is 3. The van der Waals surface area contributed by atoms with Crippen LogP contribution < -0.4 is 14.8 Å². The van der Waals surface area contributed by atoms with E-state index in [2.05, 4.69) is 31.4 Å². The summed E-state index contributed by atoms with van der Waals surface area (Å²) in [6, 6.07) is 11.8. The molecule has 0 saturated carbocycles. The van der Waals surface area contributed by atoms with Crippen molar-refractivity contribution in [3.63, 3.8) is 0 Å². The van der Waals surface area contributed by atoms with Gasteiger partial charge >= 0.3 is 0 Å². The summed E-state index contributed by atoms with van der Waals surface area (Å²) in [6.45, 7) is 2.78. The van der Waals surface area contributed by atoms with Gasteiger partial charge in [-0.25, -0.2) is 4.39 Å². The molecule has 1 aromatic heterocycles. The predicted octanol–water partition coefficient (Wildman–Crippen LogP) is 4.52. The smallest absolute Gasteiger partial charge is 0.234 e. The molecule has 158 valence electrons. The third-order valence-electron chi connectivity index (χ3n) is 4.07. The van der Waals surface area contributed by atoms with E-state index < -0.39 is 5.82 Å². The van der Waals surface area contributed by atoms with E-state index in [1.54, 1.807) is 13.2 Å². The van der Waals surface area contributed by atoms with Gasteiger partial charge in [-0.15, -0.1) is 10.2 Å². The highest BCUT2D eigenvalue weighted by Crippen LogP contribution is 2.27. The first-order valence-electron chi connectivity index (χ1n) is 9.07. The van der Waals surface area contributed by atoms with Gasteiger partial charge in [0.25, 0.3) is 0 Å². The Kier molecular flexibility index (Phi) is 7.69. The number of nitrogens with one attached hydrogen (secondary N) is 1. The lowest BCUT2D eigenvalue weighted by Gasteiger charge is -2.11. The van der Waals surface area contributed by atoms with Crippen LogP contribution in [-0.2, 0) is 17.9 Å². The third kappa shape index (κ3) is 5.51. The number of benzene rings is 2. The Morgan fingerprint density at radius 3 is 2.70 bits per heavy atom. The molecule has 3 aromatic rings. The van der Waals surface area contributed by atoms with Crippen LogP contribution >= 0.6 is 27.7 Å². The van der Waals surface area contributed by atoms with Crippen LogP contribution in [0.2, 0.25) is 0 Å². The Morgan fingerprint density at radius 1 is 1.23 bits per heavy atom. The highest BCUT2D eigenvalue weighted by Gasteiger charge is 2.15. The summed E-state index contributed by atoms with van der Waals surface area (Å²) in [5, 5.41) is 11.5. The number of methoxy groups -OCH3 is 1. The number of halogens is 2. The van der Waals surface area contributed by atoms with Crippen LogP contribution in [0.3, 0.4) is 0 Å². The molecule has 3 rings (SSSR count). The fourth-order valence-electron chi connectivity index (χ4n) is 2.64. The summed E-state index contributed by atoms with van der Waals surface area (Å²) >= 11 is 4.41. The number of nitrogens with zero attached hydrogens (tertiary/aromatic N) is 3. The summed E-state index contributed by atoms with van der Waals surface area (Å²) in [5.74, 6) is 1.10. The number of carbonyl (C=O) groups is 1. The number of anilines is 1. The molecule has 2 aromatic carbocycles. The molecular formula is C20H20BrFN4O3S. The first-order valence-corrected chi connectivity index (χ1v) is 10.8. The number of ether oxygens (including phenoxy) is 2. The fraction of sp³-hybridized carbons (Fsp3) is 0.250. The Hall–Kier alpha value is -2.59. The van der Waals surface area contributed by atoms with Gasteiger partial charge < -0.3 is 19.4 Å². The number of para-hydroxylation sites is 2. The lowest BCUT2D eigenvalue weighted by Crippen LogP contribution is -2.15. The molecule has 1 amide bonds. The lowest BCUT2D eigenvalue weighted by atomic mass is 10.3. The van der Waals surface area contributed by atoms with Gasteiger partial charge in [0.15, 0.2) is 22.5 Å². The van der Waals surface area contributed by atoms with Crippen LogP contribution in [0.4, 0.5) is 10.1 Å². The molecular weight excluding hydrogens is 475 g/mol. The zero-order valence-corrected chi connectivity index (χ0v) is 18.8. The maximum atomic E-state index is 13.9. The topological polar surface area (TPSA) is 78.3 Å². The molecule has 0 aliphatic heterocycles. The number of hydrogen-bond acceptors (Lipinski definition) is 6. The van der Waals surface area contributed by atoms with Crippen LogP contribution in [0.15, 0.2) is 52.1 Å². The van der Waals surface area contributed by atoms with Crippen molar-refractivity contribution in [2.24, 2.45) is 0 Å². The van der Waals surface area contributed by atoms with E-state index in [0.29, 0.717) is 33.5 Å². The Morgan fingerprint density at radius 2 is 2.00 bits per heavy atom. The van der Waals surface area contributed by atoms with E-state index in [1.165, 1.54) is 23.9 Å². The van der Waals surface area contributed by atoms with Gasteiger partial charge in [-0.3, -0.25) is 4.79 Å². The molecule has 0 aliphatic rings. The van der Waals surface area contributed by atoms with Crippen molar-refractivity contribution in [1.29, 1.82) is 0 Å². The van der Waals surface area contributed by atoms with Crippen molar-refractivity contribution in [2.75, 3.05) is 18.2 Å². The van der Waals surface area contributed by atoms with Crippen LogP contribution in [0.25, 0.3) is 0 Å². The van der Waals surface area contributed by atoms with Crippen molar-refractivity contribution in [1.82, 2.24) is 14.8 Å².